The summed E-state index contributed by atoms with van der Waals surface area (Å²) in [6.07, 6.45) is -2.43. The molecule has 3 rings (SSSR count). The van der Waals surface area contributed by atoms with Crippen molar-refractivity contribution < 1.29 is 79.0 Å². The number of aliphatic hydroxyl groups excluding tert-OH is 5. The van der Waals surface area contributed by atoms with E-state index in [0.717, 1.165) is 13.4 Å². The molecular formula is C32H50N5O15+. The lowest BCUT2D eigenvalue weighted by Gasteiger charge is -2.48. The molecule has 0 aromatic heterocycles. The molecule has 9 unspecified atom stereocenters. The van der Waals surface area contributed by atoms with E-state index >= 15 is 0 Å². The maximum absolute atomic E-state index is 13.0. The fourth-order valence-electron chi connectivity index (χ4n) is 5.73. The van der Waals surface area contributed by atoms with Gasteiger partial charge in [0.15, 0.2) is 18.4 Å². The number of nitrogens with one attached hydrogen (secondary N) is 3. The quantitative estimate of drug-likeness (QED) is 0.0156. The third kappa shape index (κ3) is 10.2. The van der Waals surface area contributed by atoms with Crippen LogP contribution in [-0.4, -0.2) is 162 Å². The van der Waals surface area contributed by atoms with E-state index < -0.39 is 79.9 Å². The number of quaternary nitrogens is 1. The van der Waals surface area contributed by atoms with Gasteiger partial charge in [0.2, 0.25) is 12.1 Å². The first kappa shape index (κ1) is 42.6. The standard InChI is InChI=1S/C32H49N5O15/c1-4-18-19(7-6-17-12-37(9-11-39)13-20(27(43)44)24(17)36-31(33)35-8-5-10-38)21(28(45)48-3)16-49-29(18)52-30-26(51-23(15-41)34-2)32(46,47)25(42)22(14-40)50-30/h4,6-7,12,16,18-19,22-23,25-26,29-30,34,38-42,46-47H,1,5,8-11,13-15H2,2-3H3,(H,43,44)(H3,33,35,36)/p+1. The van der Waals surface area contributed by atoms with Crippen LogP contribution in [0, 0.1) is 11.8 Å². The number of methoxy groups -OCH3 is 1. The summed E-state index contributed by atoms with van der Waals surface area (Å²) in [5, 5.41) is 86.1. The van der Waals surface area contributed by atoms with E-state index in [1.165, 1.54) is 25.3 Å². The number of hydrogen-bond donors (Lipinski definition) is 12. The summed E-state index contributed by atoms with van der Waals surface area (Å²) < 4.78 is 28.0. The van der Waals surface area contributed by atoms with Gasteiger partial charge in [0.05, 0.1) is 56.0 Å². The number of nitrogens with two attached hydrogens (primary N) is 1. The van der Waals surface area contributed by atoms with E-state index in [2.05, 4.69) is 22.2 Å². The van der Waals surface area contributed by atoms with E-state index in [9.17, 15) is 45.3 Å². The lowest BCUT2D eigenvalue weighted by Crippen LogP contribution is -3.09. The van der Waals surface area contributed by atoms with Crippen molar-refractivity contribution in [3.63, 3.8) is 0 Å². The van der Waals surface area contributed by atoms with Crippen molar-refractivity contribution in [1.29, 1.82) is 0 Å². The second-order valence-corrected chi connectivity index (χ2v) is 11.9. The molecule has 13 N–H and O–H groups in total. The average molecular weight is 745 g/mol. The summed E-state index contributed by atoms with van der Waals surface area (Å²) in [6.45, 7) is 2.28. The summed E-state index contributed by atoms with van der Waals surface area (Å²) in [7, 11) is 2.57. The van der Waals surface area contributed by atoms with Gasteiger partial charge in [-0.1, -0.05) is 18.2 Å². The molecule has 0 aliphatic carbocycles. The lowest BCUT2D eigenvalue weighted by atomic mass is 9.83. The van der Waals surface area contributed by atoms with Gasteiger partial charge in [0.25, 0.3) is 0 Å². The maximum atomic E-state index is 13.0. The molecule has 20 nitrogen and oxygen atoms in total. The summed E-state index contributed by atoms with van der Waals surface area (Å²) in [4.78, 5) is 30.1. The highest BCUT2D eigenvalue weighted by Gasteiger charge is 2.58. The molecule has 20 heteroatoms. The van der Waals surface area contributed by atoms with Crippen LogP contribution in [-0.2, 0) is 33.3 Å². The third-order valence-corrected chi connectivity index (χ3v) is 8.50. The van der Waals surface area contributed by atoms with Crippen molar-refractivity contribution in [3.8, 4) is 0 Å². The van der Waals surface area contributed by atoms with Gasteiger partial charge in [-0.3, -0.25) is 10.3 Å². The van der Waals surface area contributed by atoms with Crippen molar-refractivity contribution in [3.05, 3.63) is 59.7 Å². The topological polar surface area (TPSA) is 309 Å². The van der Waals surface area contributed by atoms with Crippen LogP contribution in [0.4, 0.5) is 0 Å². The number of carbonyl (C=O) groups excluding carboxylic acids is 1. The number of carboxylic acids is 1. The molecule has 1 fully saturated rings. The van der Waals surface area contributed by atoms with Gasteiger partial charge in [0.1, 0.15) is 43.3 Å². The Morgan fingerprint density at radius 2 is 1.96 bits per heavy atom. The van der Waals surface area contributed by atoms with Crippen LogP contribution >= 0.6 is 0 Å². The Balaban J connectivity index is 2.07. The van der Waals surface area contributed by atoms with E-state index in [4.69, 9.17) is 34.5 Å². The van der Waals surface area contributed by atoms with E-state index in [1.54, 1.807) is 6.20 Å². The SMILES string of the molecule is C=CC1C(OC2OC(CO)C(O)C(O)(O)C2OC(CO)NC)OC=C(C(=O)OC)C1C=CC1=C[NH+](CCO)CC(C(=O)O)=C1NC(N)=NCCCO. The fourth-order valence-corrected chi connectivity index (χ4v) is 5.73. The number of hydrogen-bond acceptors (Lipinski definition) is 16. The first-order valence-corrected chi connectivity index (χ1v) is 16.4. The Morgan fingerprint density at radius 3 is 2.54 bits per heavy atom. The van der Waals surface area contributed by atoms with Gasteiger partial charge < -0.3 is 80.5 Å². The van der Waals surface area contributed by atoms with Gasteiger partial charge in [-0.2, -0.15) is 0 Å². The molecule has 9 atom stereocenters. The van der Waals surface area contributed by atoms with E-state index in [0.29, 0.717) is 16.9 Å². The van der Waals surface area contributed by atoms with Crippen molar-refractivity contribution in [2.75, 3.05) is 60.2 Å². The number of likely N-dealkylation sites (N-methyl/N-ethyl adjacent to an activating group) is 1. The molecule has 3 heterocycles. The Morgan fingerprint density at radius 1 is 1.23 bits per heavy atom. The zero-order valence-electron chi connectivity index (χ0n) is 28.8. The van der Waals surface area contributed by atoms with Crippen molar-refractivity contribution >= 4 is 17.9 Å². The predicted octanol–water partition coefficient (Wildman–Crippen LogP) is -5.53. The number of esters is 1. The molecule has 0 bridgehead atoms. The van der Waals surface area contributed by atoms with E-state index in [-0.39, 0.29) is 55.7 Å². The largest absolute Gasteiger partial charge is 0.478 e. The number of carbonyl (C=O) groups is 2. The molecule has 0 amide bonds. The minimum atomic E-state index is -3.07. The summed E-state index contributed by atoms with van der Waals surface area (Å²) >= 11 is 0. The molecule has 292 valence electrons. The second kappa shape index (κ2) is 19.9. The van der Waals surface area contributed by atoms with Crippen LogP contribution in [0.15, 0.2) is 64.7 Å². The van der Waals surface area contributed by atoms with Crippen molar-refractivity contribution in [2.45, 2.75) is 49.3 Å². The number of rotatable bonds is 18. The van der Waals surface area contributed by atoms with Gasteiger partial charge in [-0.15, -0.1) is 6.58 Å². The number of ether oxygens (including phenoxy) is 5. The Labute approximate surface area is 299 Å². The fraction of sp³-hybridized carbons (Fsp3) is 0.594. The van der Waals surface area contributed by atoms with Crippen LogP contribution in [0.3, 0.4) is 0 Å². The Hall–Kier alpha value is -3.77. The summed E-state index contributed by atoms with van der Waals surface area (Å²) in [6, 6.07) is 0. The number of aliphatic carboxylic acids is 1. The predicted molar refractivity (Wildman–Crippen MR) is 178 cm³/mol. The molecule has 3 aliphatic rings. The first-order valence-electron chi connectivity index (χ1n) is 16.4. The minimum Gasteiger partial charge on any atom is -0.478 e. The zero-order valence-corrected chi connectivity index (χ0v) is 28.8. The zero-order chi connectivity index (χ0) is 38.6. The number of carboxylic acid groups (broad SMARTS) is 1. The molecule has 0 spiro atoms. The molecule has 0 aromatic rings. The molecule has 1 saturated heterocycles. The van der Waals surface area contributed by atoms with Crippen molar-refractivity contribution in [1.82, 2.24) is 10.6 Å². The van der Waals surface area contributed by atoms with Gasteiger partial charge in [-0.05, 0) is 13.5 Å². The summed E-state index contributed by atoms with van der Waals surface area (Å²) in [5.74, 6) is -7.18. The van der Waals surface area contributed by atoms with Crippen LogP contribution in [0.5, 0.6) is 0 Å². The number of aliphatic imine (C=N–C) groups is 1. The summed E-state index contributed by atoms with van der Waals surface area (Å²) in [5.41, 5.74) is 6.33. The number of nitrogens with zero attached hydrogens (tertiary/aromatic N) is 1. The molecular weight excluding hydrogens is 694 g/mol. The average Bonchev–Trinajstić information content (AvgIpc) is 3.12. The molecule has 0 saturated carbocycles. The van der Waals surface area contributed by atoms with Crippen LogP contribution in [0.2, 0.25) is 0 Å². The Bertz CT molecular complexity index is 1400. The highest BCUT2D eigenvalue weighted by molar-refractivity contribution is 5.92. The molecule has 0 radical (unpaired) electrons. The van der Waals surface area contributed by atoms with Crippen LogP contribution in [0.25, 0.3) is 0 Å². The third-order valence-electron chi connectivity index (χ3n) is 8.50. The minimum absolute atomic E-state index is 0.0169. The highest BCUT2D eigenvalue weighted by atomic mass is 16.8. The van der Waals surface area contributed by atoms with Gasteiger partial charge in [-0.25, -0.2) is 9.59 Å². The van der Waals surface area contributed by atoms with Gasteiger partial charge >= 0.3 is 11.9 Å². The smallest absolute Gasteiger partial charge is 0.339 e. The van der Waals surface area contributed by atoms with E-state index in [1.807, 2.05) is 0 Å². The number of allylic oxidation sites excluding steroid dienone is 2. The van der Waals surface area contributed by atoms with Crippen LogP contribution in [0.1, 0.15) is 6.42 Å². The monoisotopic (exact) mass is 744 g/mol. The van der Waals surface area contributed by atoms with Gasteiger partial charge in [0, 0.05) is 19.1 Å². The molecule has 3 aliphatic heterocycles. The second-order valence-electron chi connectivity index (χ2n) is 11.9. The normalized spacial score (nSPS) is 29.9. The molecule has 0 aromatic carbocycles. The Kier molecular flexibility index (Phi) is 16.3. The highest BCUT2D eigenvalue weighted by Crippen LogP contribution is 2.38. The van der Waals surface area contributed by atoms with Crippen LogP contribution < -0.4 is 21.3 Å². The maximum Gasteiger partial charge on any atom is 0.339 e. The lowest BCUT2D eigenvalue weighted by molar-refractivity contribution is -0.843. The van der Waals surface area contributed by atoms with Crippen molar-refractivity contribution in [2.24, 2.45) is 22.6 Å². The number of guanidine groups is 1. The first-order chi connectivity index (χ1) is 24.8. The number of aliphatic hydroxyl groups is 7. The molecule has 52 heavy (non-hydrogen) atoms.